The van der Waals surface area contributed by atoms with Crippen molar-refractivity contribution in [2.24, 2.45) is 0 Å². The lowest BCUT2D eigenvalue weighted by atomic mass is 10.2. The van der Waals surface area contributed by atoms with Gasteiger partial charge in [-0.25, -0.2) is 4.79 Å². The van der Waals surface area contributed by atoms with E-state index in [1.807, 2.05) is 6.92 Å². The van der Waals surface area contributed by atoms with E-state index < -0.39 is 0 Å². The Bertz CT molecular complexity index is 551. The van der Waals surface area contributed by atoms with Gasteiger partial charge in [0.25, 0.3) is 0 Å². The zero-order chi connectivity index (χ0) is 13.7. The van der Waals surface area contributed by atoms with Crippen molar-refractivity contribution in [3.8, 4) is 5.75 Å². The molecule has 6 heteroatoms. The van der Waals surface area contributed by atoms with Gasteiger partial charge in [-0.15, -0.1) is 10.2 Å². The molecule has 100 valence electrons. The number of aromatic nitrogens is 2. The predicted molar refractivity (Wildman–Crippen MR) is 71.4 cm³/mol. The second-order valence-corrected chi connectivity index (χ2v) is 5.01. The molecule has 0 aliphatic heterocycles. The highest BCUT2D eigenvalue weighted by Gasteiger charge is 2.06. The van der Waals surface area contributed by atoms with E-state index in [1.165, 1.54) is 11.3 Å². The first kappa shape index (κ1) is 13.5. The number of esters is 1. The number of hydrogen-bond acceptors (Lipinski definition) is 6. The van der Waals surface area contributed by atoms with Crippen molar-refractivity contribution < 1.29 is 14.3 Å². The molecule has 0 N–H and O–H groups in total. The lowest BCUT2D eigenvalue weighted by Crippen LogP contribution is -2.04. The molecule has 0 bridgehead atoms. The number of carbonyl (C=O) groups excluding carboxylic acids is 1. The highest BCUT2D eigenvalue weighted by atomic mass is 32.1. The molecule has 0 saturated heterocycles. The highest BCUT2D eigenvalue weighted by Crippen LogP contribution is 2.16. The maximum Gasteiger partial charge on any atom is 0.338 e. The second kappa shape index (κ2) is 6.29. The van der Waals surface area contributed by atoms with Crippen LogP contribution in [-0.2, 0) is 11.3 Å². The van der Waals surface area contributed by atoms with Gasteiger partial charge in [-0.1, -0.05) is 11.3 Å². The summed E-state index contributed by atoms with van der Waals surface area (Å²) in [5, 5.41) is 9.62. The van der Waals surface area contributed by atoms with Crippen molar-refractivity contribution in [1.29, 1.82) is 0 Å². The quantitative estimate of drug-likeness (QED) is 0.787. The maximum absolute atomic E-state index is 11.5. The van der Waals surface area contributed by atoms with Crippen molar-refractivity contribution in [3.63, 3.8) is 0 Å². The molecular weight excluding hydrogens is 264 g/mol. The van der Waals surface area contributed by atoms with E-state index in [0.717, 1.165) is 10.0 Å². The maximum atomic E-state index is 11.5. The summed E-state index contributed by atoms with van der Waals surface area (Å²) in [5.41, 5.74) is 0.515. The van der Waals surface area contributed by atoms with Crippen LogP contribution in [0.4, 0.5) is 0 Å². The molecule has 0 fully saturated rings. The molecule has 0 unspecified atom stereocenters. The number of nitrogens with zero attached hydrogens (tertiary/aromatic N) is 2. The van der Waals surface area contributed by atoms with Gasteiger partial charge in [-0.05, 0) is 38.1 Å². The lowest BCUT2D eigenvalue weighted by Gasteiger charge is -2.05. The Labute approximate surface area is 115 Å². The standard InChI is InChI=1S/C13H14N2O3S/c1-3-17-13(16)10-4-6-11(7-5-10)18-8-12-15-14-9(2)19-12/h4-7H,3,8H2,1-2H3. The number of hydrogen-bond donors (Lipinski definition) is 0. The van der Waals surface area contributed by atoms with Gasteiger partial charge in [-0.2, -0.15) is 0 Å². The number of carbonyl (C=O) groups is 1. The van der Waals surface area contributed by atoms with Crippen molar-refractivity contribution in [2.75, 3.05) is 6.61 Å². The van der Waals surface area contributed by atoms with Crippen LogP contribution in [0.1, 0.15) is 27.3 Å². The van der Waals surface area contributed by atoms with E-state index in [1.54, 1.807) is 31.2 Å². The number of aryl methyl sites for hydroxylation is 1. The Balaban J connectivity index is 1.93. The fourth-order valence-electron chi connectivity index (χ4n) is 1.44. The van der Waals surface area contributed by atoms with Crippen LogP contribution >= 0.6 is 11.3 Å². The summed E-state index contributed by atoms with van der Waals surface area (Å²) in [6.07, 6.45) is 0. The van der Waals surface area contributed by atoms with Crippen molar-refractivity contribution in [1.82, 2.24) is 10.2 Å². The van der Waals surface area contributed by atoms with Crippen LogP contribution in [0.2, 0.25) is 0 Å². The second-order valence-electron chi connectivity index (χ2n) is 3.75. The topological polar surface area (TPSA) is 61.3 Å². The molecule has 1 aromatic carbocycles. The van der Waals surface area contributed by atoms with Crippen LogP contribution in [0.15, 0.2) is 24.3 Å². The Morgan fingerprint density at radius 3 is 2.58 bits per heavy atom. The van der Waals surface area contributed by atoms with Crippen LogP contribution < -0.4 is 4.74 Å². The number of benzene rings is 1. The van der Waals surface area contributed by atoms with Gasteiger partial charge < -0.3 is 9.47 Å². The molecule has 0 aliphatic rings. The molecule has 0 aliphatic carbocycles. The fourth-order valence-corrected chi connectivity index (χ4v) is 2.06. The molecule has 0 amide bonds. The third kappa shape index (κ3) is 3.75. The summed E-state index contributed by atoms with van der Waals surface area (Å²) in [5.74, 6) is 0.356. The van der Waals surface area contributed by atoms with Gasteiger partial charge in [0.2, 0.25) is 0 Å². The monoisotopic (exact) mass is 278 g/mol. The first-order valence-corrected chi connectivity index (χ1v) is 6.69. The lowest BCUT2D eigenvalue weighted by molar-refractivity contribution is 0.0526. The third-order valence-corrected chi connectivity index (χ3v) is 3.11. The minimum Gasteiger partial charge on any atom is -0.486 e. The molecule has 2 aromatic rings. The molecule has 0 spiro atoms. The van der Waals surface area contributed by atoms with Crippen molar-refractivity contribution in [3.05, 3.63) is 39.8 Å². The van der Waals surface area contributed by atoms with Gasteiger partial charge in [0.1, 0.15) is 17.4 Å². The largest absolute Gasteiger partial charge is 0.486 e. The van der Waals surface area contributed by atoms with Crippen LogP contribution in [0.3, 0.4) is 0 Å². The summed E-state index contributed by atoms with van der Waals surface area (Å²) < 4.78 is 10.5. The third-order valence-electron chi connectivity index (χ3n) is 2.30. The molecule has 0 atom stereocenters. The van der Waals surface area contributed by atoms with Gasteiger partial charge in [0, 0.05) is 0 Å². The molecule has 19 heavy (non-hydrogen) atoms. The Hall–Kier alpha value is -1.95. The number of rotatable bonds is 5. The average Bonchev–Trinajstić information content (AvgIpc) is 2.83. The van der Waals surface area contributed by atoms with E-state index >= 15 is 0 Å². The first-order valence-electron chi connectivity index (χ1n) is 5.88. The molecular formula is C13H14N2O3S. The smallest absolute Gasteiger partial charge is 0.338 e. The van der Waals surface area contributed by atoms with Crippen molar-refractivity contribution in [2.45, 2.75) is 20.5 Å². The van der Waals surface area contributed by atoms with Gasteiger partial charge in [-0.3, -0.25) is 0 Å². The summed E-state index contributed by atoms with van der Waals surface area (Å²) in [4.78, 5) is 11.5. The Kier molecular flexibility index (Phi) is 4.46. The number of ether oxygens (including phenoxy) is 2. The van der Waals surface area contributed by atoms with Crippen LogP contribution in [-0.4, -0.2) is 22.8 Å². The molecule has 0 radical (unpaired) electrons. The Morgan fingerprint density at radius 2 is 2.00 bits per heavy atom. The van der Waals surface area contributed by atoms with Crippen molar-refractivity contribution >= 4 is 17.3 Å². The summed E-state index contributed by atoms with van der Waals surface area (Å²) in [6.45, 7) is 4.42. The highest BCUT2D eigenvalue weighted by molar-refractivity contribution is 7.11. The first-order chi connectivity index (χ1) is 9.19. The molecule has 1 aromatic heterocycles. The normalized spacial score (nSPS) is 10.2. The fraction of sp³-hybridized carbons (Fsp3) is 0.308. The zero-order valence-electron chi connectivity index (χ0n) is 10.8. The predicted octanol–water partition coefficient (Wildman–Crippen LogP) is 2.60. The SMILES string of the molecule is CCOC(=O)c1ccc(OCc2nnc(C)s2)cc1. The van der Waals surface area contributed by atoms with E-state index in [0.29, 0.717) is 24.5 Å². The van der Waals surface area contributed by atoms with Gasteiger partial charge in [0.05, 0.1) is 12.2 Å². The summed E-state index contributed by atoms with van der Waals surface area (Å²) in [6, 6.07) is 6.83. The summed E-state index contributed by atoms with van der Waals surface area (Å²) >= 11 is 1.50. The molecule has 1 heterocycles. The summed E-state index contributed by atoms with van der Waals surface area (Å²) in [7, 11) is 0. The molecule has 5 nitrogen and oxygen atoms in total. The minimum absolute atomic E-state index is 0.325. The Morgan fingerprint density at radius 1 is 1.26 bits per heavy atom. The van der Waals surface area contributed by atoms with Crippen LogP contribution in [0.25, 0.3) is 0 Å². The van der Waals surface area contributed by atoms with Crippen LogP contribution in [0.5, 0.6) is 5.75 Å². The van der Waals surface area contributed by atoms with E-state index in [4.69, 9.17) is 9.47 Å². The average molecular weight is 278 g/mol. The zero-order valence-corrected chi connectivity index (χ0v) is 11.6. The van der Waals surface area contributed by atoms with E-state index in [2.05, 4.69) is 10.2 Å². The molecule has 0 saturated carbocycles. The van der Waals surface area contributed by atoms with Gasteiger partial charge in [0.15, 0.2) is 5.01 Å². The van der Waals surface area contributed by atoms with Gasteiger partial charge >= 0.3 is 5.97 Å². The van der Waals surface area contributed by atoms with E-state index in [-0.39, 0.29) is 5.97 Å². The van der Waals surface area contributed by atoms with E-state index in [9.17, 15) is 4.79 Å². The van der Waals surface area contributed by atoms with Crippen LogP contribution in [0, 0.1) is 6.92 Å². The minimum atomic E-state index is -0.325. The molecule has 2 rings (SSSR count).